The molecule has 118 valence electrons. The largest absolute Gasteiger partial charge is 0.348 e. The predicted molar refractivity (Wildman–Crippen MR) is 93.2 cm³/mol. The number of benzene rings is 1. The van der Waals surface area contributed by atoms with Gasteiger partial charge in [-0.15, -0.1) is 12.4 Å². The van der Waals surface area contributed by atoms with Gasteiger partial charge in [0, 0.05) is 16.2 Å². The van der Waals surface area contributed by atoms with E-state index in [1.54, 1.807) is 12.1 Å². The fourth-order valence-corrected chi connectivity index (χ4v) is 3.57. The molecule has 1 amide bonds. The van der Waals surface area contributed by atoms with Crippen molar-refractivity contribution in [3.05, 3.63) is 33.1 Å². The molecule has 2 rings (SSSR count). The molecule has 3 nitrogen and oxygen atoms in total. The van der Waals surface area contributed by atoms with E-state index in [-0.39, 0.29) is 29.9 Å². The first kappa shape index (κ1) is 18.6. The van der Waals surface area contributed by atoms with Crippen molar-refractivity contribution in [2.45, 2.75) is 38.1 Å². The molecule has 1 unspecified atom stereocenters. The zero-order chi connectivity index (χ0) is 14.5. The monoisotopic (exact) mass is 426 g/mol. The molecule has 0 heterocycles. The molecule has 0 aromatic heterocycles. The van der Waals surface area contributed by atoms with Crippen molar-refractivity contribution in [2.24, 2.45) is 11.7 Å². The Morgan fingerprint density at radius 1 is 1.38 bits per heavy atom. The Kier molecular flexibility index (Phi) is 7.90. The number of hydrogen-bond donors (Lipinski definition) is 2. The smallest absolute Gasteiger partial charge is 0.255 e. The van der Waals surface area contributed by atoms with Crippen LogP contribution in [0.15, 0.2) is 18.2 Å². The Morgan fingerprint density at radius 2 is 2.05 bits per heavy atom. The molecule has 0 aliphatic heterocycles. The van der Waals surface area contributed by atoms with Gasteiger partial charge in [0.25, 0.3) is 5.91 Å². The zero-order valence-corrected chi connectivity index (χ0v) is 14.8. The van der Waals surface area contributed by atoms with Gasteiger partial charge >= 0.3 is 0 Å². The third kappa shape index (κ3) is 4.79. The van der Waals surface area contributed by atoms with E-state index in [0.29, 0.717) is 16.0 Å². The number of amides is 1. The van der Waals surface area contributed by atoms with E-state index in [4.69, 9.17) is 5.73 Å². The van der Waals surface area contributed by atoms with Crippen molar-refractivity contribution in [3.63, 3.8) is 0 Å². The van der Waals surface area contributed by atoms with Crippen LogP contribution in [0.5, 0.6) is 0 Å². The molecule has 1 saturated carbocycles. The molecule has 1 aromatic rings. The van der Waals surface area contributed by atoms with Gasteiger partial charge in [-0.25, -0.2) is 4.39 Å². The van der Waals surface area contributed by atoms with Gasteiger partial charge in [-0.05, 0) is 53.5 Å². The van der Waals surface area contributed by atoms with Gasteiger partial charge < -0.3 is 11.1 Å². The van der Waals surface area contributed by atoms with Crippen molar-refractivity contribution in [3.8, 4) is 0 Å². The summed E-state index contributed by atoms with van der Waals surface area (Å²) in [7, 11) is 0. The first-order chi connectivity index (χ1) is 9.63. The molecule has 3 N–H and O–H groups in total. The maximum absolute atomic E-state index is 13.8. The maximum Gasteiger partial charge on any atom is 0.255 e. The second kappa shape index (κ2) is 8.90. The van der Waals surface area contributed by atoms with E-state index in [9.17, 15) is 9.18 Å². The SMILES string of the molecule is Cl.NCC(NC(=O)c1c(F)cccc1I)C1CCCCC1. The van der Waals surface area contributed by atoms with E-state index < -0.39 is 5.82 Å². The lowest BCUT2D eigenvalue weighted by Crippen LogP contribution is -2.46. The summed E-state index contributed by atoms with van der Waals surface area (Å²) in [5.41, 5.74) is 5.92. The summed E-state index contributed by atoms with van der Waals surface area (Å²) in [5, 5.41) is 2.93. The van der Waals surface area contributed by atoms with Crippen LogP contribution in [0.3, 0.4) is 0 Å². The molecule has 0 bridgehead atoms. The first-order valence-electron chi connectivity index (χ1n) is 7.08. The van der Waals surface area contributed by atoms with Gasteiger partial charge in [0.1, 0.15) is 5.82 Å². The van der Waals surface area contributed by atoms with Crippen LogP contribution in [-0.2, 0) is 0 Å². The summed E-state index contributed by atoms with van der Waals surface area (Å²) in [6, 6.07) is 4.60. The lowest BCUT2D eigenvalue weighted by Gasteiger charge is -2.30. The van der Waals surface area contributed by atoms with Crippen LogP contribution < -0.4 is 11.1 Å². The Morgan fingerprint density at radius 3 is 2.62 bits per heavy atom. The van der Waals surface area contributed by atoms with Crippen molar-refractivity contribution in [1.29, 1.82) is 0 Å². The molecule has 0 saturated heterocycles. The van der Waals surface area contributed by atoms with Crippen LogP contribution in [0.2, 0.25) is 0 Å². The summed E-state index contributed by atoms with van der Waals surface area (Å²) in [6.07, 6.45) is 5.82. The summed E-state index contributed by atoms with van der Waals surface area (Å²) >= 11 is 1.98. The van der Waals surface area contributed by atoms with E-state index >= 15 is 0 Å². The second-order valence-electron chi connectivity index (χ2n) is 5.31. The van der Waals surface area contributed by atoms with Crippen LogP contribution in [0.1, 0.15) is 42.5 Å². The maximum atomic E-state index is 13.8. The highest BCUT2D eigenvalue weighted by Gasteiger charge is 2.25. The standard InChI is InChI=1S/C15H20FIN2O.ClH/c16-11-7-4-8-12(17)14(11)15(20)19-13(9-18)10-5-2-1-3-6-10;/h4,7-8,10,13H,1-3,5-6,9,18H2,(H,19,20);1H. The first-order valence-corrected chi connectivity index (χ1v) is 8.16. The van der Waals surface area contributed by atoms with Crippen LogP contribution in [0.4, 0.5) is 4.39 Å². The molecule has 1 atom stereocenters. The molecule has 1 aliphatic rings. The molecule has 21 heavy (non-hydrogen) atoms. The minimum Gasteiger partial charge on any atom is -0.348 e. The second-order valence-corrected chi connectivity index (χ2v) is 6.47. The number of carbonyl (C=O) groups excluding carboxylic acids is 1. The minimum absolute atomic E-state index is 0. The van der Waals surface area contributed by atoms with E-state index in [1.807, 2.05) is 22.6 Å². The van der Waals surface area contributed by atoms with Gasteiger partial charge in [-0.1, -0.05) is 25.3 Å². The number of carbonyl (C=O) groups is 1. The Bertz CT molecular complexity index is 460. The zero-order valence-electron chi connectivity index (χ0n) is 11.8. The fourth-order valence-electron chi connectivity index (χ4n) is 2.86. The molecule has 0 radical (unpaired) electrons. The molecule has 1 aromatic carbocycles. The molecule has 1 fully saturated rings. The van der Waals surface area contributed by atoms with Crippen molar-refractivity contribution in [1.82, 2.24) is 5.32 Å². The number of rotatable bonds is 4. The molecular weight excluding hydrogens is 406 g/mol. The lowest BCUT2D eigenvalue weighted by molar-refractivity contribution is 0.0910. The van der Waals surface area contributed by atoms with Crippen LogP contribution >= 0.6 is 35.0 Å². The number of nitrogens with two attached hydrogens (primary N) is 1. The summed E-state index contributed by atoms with van der Waals surface area (Å²) in [6.45, 7) is 0.404. The van der Waals surface area contributed by atoms with Gasteiger partial charge in [0.15, 0.2) is 0 Å². The molecule has 1 aliphatic carbocycles. The summed E-state index contributed by atoms with van der Waals surface area (Å²) in [4.78, 5) is 12.3. The van der Waals surface area contributed by atoms with Crippen LogP contribution in [0, 0.1) is 15.3 Å². The van der Waals surface area contributed by atoms with Gasteiger partial charge in [-0.2, -0.15) is 0 Å². The van der Waals surface area contributed by atoms with Crippen molar-refractivity contribution < 1.29 is 9.18 Å². The average molecular weight is 427 g/mol. The third-order valence-electron chi connectivity index (χ3n) is 3.98. The number of halogens is 3. The summed E-state index contributed by atoms with van der Waals surface area (Å²) < 4.78 is 14.4. The third-order valence-corrected chi connectivity index (χ3v) is 4.88. The average Bonchev–Trinajstić information content (AvgIpc) is 2.45. The van der Waals surface area contributed by atoms with Gasteiger partial charge in [0.05, 0.1) is 5.56 Å². The lowest BCUT2D eigenvalue weighted by atomic mass is 9.84. The van der Waals surface area contributed by atoms with E-state index in [2.05, 4.69) is 5.32 Å². The summed E-state index contributed by atoms with van der Waals surface area (Å²) in [5.74, 6) is -0.413. The highest BCUT2D eigenvalue weighted by molar-refractivity contribution is 14.1. The Hall–Kier alpha value is -0.400. The quantitative estimate of drug-likeness (QED) is 0.724. The highest BCUT2D eigenvalue weighted by Crippen LogP contribution is 2.26. The van der Waals surface area contributed by atoms with Gasteiger partial charge in [-0.3, -0.25) is 4.79 Å². The predicted octanol–water partition coefficient (Wildman–Crippen LogP) is 3.49. The van der Waals surface area contributed by atoms with Crippen LogP contribution in [0.25, 0.3) is 0 Å². The van der Waals surface area contributed by atoms with E-state index in [0.717, 1.165) is 12.8 Å². The van der Waals surface area contributed by atoms with Crippen molar-refractivity contribution >= 4 is 40.9 Å². The molecule has 0 spiro atoms. The van der Waals surface area contributed by atoms with Gasteiger partial charge in [0.2, 0.25) is 0 Å². The Labute approximate surface area is 144 Å². The fraction of sp³-hybridized carbons (Fsp3) is 0.533. The van der Waals surface area contributed by atoms with Crippen molar-refractivity contribution in [2.75, 3.05) is 6.54 Å². The Balaban J connectivity index is 0.00000220. The number of hydrogen-bond acceptors (Lipinski definition) is 2. The normalized spacial score (nSPS) is 16.9. The van der Waals surface area contributed by atoms with Crippen LogP contribution in [-0.4, -0.2) is 18.5 Å². The number of nitrogens with one attached hydrogen (secondary N) is 1. The molecule has 6 heteroatoms. The highest BCUT2D eigenvalue weighted by atomic mass is 127. The topological polar surface area (TPSA) is 55.1 Å². The minimum atomic E-state index is -0.478. The molecular formula is C15H21ClFIN2O. The van der Waals surface area contributed by atoms with E-state index in [1.165, 1.54) is 25.3 Å².